The Labute approximate surface area is 151 Å². The zero-order valence-electron chi connectivity index (χ0n) is 13.8. The van der Waals surface area contributed by atoms with E-state index < -0.39 is 5.66 Å². The fourth-order valence-corrected chi connectivity index (χ4v) is 3.62. The minimum atomic E-state index is -0.665. The summed E-state index contributed by atoms with van der Waals surface area (Å²) < 4.78 is 1.61. The number of nitrogen functional groups attached to an aromatic ring is 1. The molecule has 4 rings (SSSR count). The van der Waals surface area contributed by atoms with Gasteiger partial charge in [-0.25, -0.2) is 9.97 Å². The molecule has 2 aromatic heterocycles. The van der Waals surface area contributed by atoms with Gasteiger partial charge in [0.2, 0.25) is 0 Å². The number of carbonyl (C=O) groups is 1. The van der Waals surface area contributed by atoms with Gasteiger partial charge in [0.15, 0.2) is 0 Å². The Morgan fingerprint density at radius 2 is 1.96 bits per heavy atom. The van der Waals surface area contributed by atoms with Crippen LogP contribution in [0, 0.1) is 6.92 Å². The highest BCUT2D eigenvalue weighted by Gasteiger charge is 2.45. The molecule has 0 saturated carbocycles. The van der Waals surface area contributed by atoms with Crippen LogP contribution in [0.1, 0.15) is 36.3 Å². The van der Waals surface area contributed by atoms with Crippen LogP contribution in [0.4, 0.5) is 17.3 Å². The van der Waals surface area contributed by atoms with Crippen LogP contribution in [-0.2, 0) is 5.66 Å². The number of aromatic nitrogens is 3. The summed E-state index contributed by atoms with van der Waals surface area (Å²) in [6, 6.07) is 3.22. The minimum absolute atomic E-state index is 0. The molecule has 1 fully saturated rings. The third-order valence-corrected chi connectivity index (χ3v) is 4.76. The molecule has 0 atom stereocenters. The smallest absolute Gasteiger partial charge is 0.276 e. The maximum Gasteiger partial charge on any atom is 0.276 e. The number of nitrogens with two attached hydrogens (primary N) is 1. The molecule has 5 N–H and O–H groups in total. The summed E-state index contributed by atoms with van der Waals surface area (Å²) in [5.74, 6) is 0.540. The van der Waals surface area contributed by atoms with Gasteiger partial charge < -0.3 is 21.7 Å². The third-order valence-electron chi connectivity index (χ3n) is 4.76. The second kappa shape index (κ2) is 6.41. The summed E-state index contributed by atoms with van der Waals surface area (Å²) in [5, 5.41) is 9.29. The average molecular weight is 357 g/mol. The number of anilines is 3. The van der Waals surface area contributed by atoms with Crippen molar-refractivity contribution in [1.29, 1.82) is 0 Å². The molecular formula is C17H23N7O2. The molecule has 138 valence electrons. The Kier molecular flexibility index (Phi) is 4.41. The van der Waals surface area contributed by atoms with E-state index in [-0.39, 0.29) is 18.9 Å². The Balaban J connectivity index is 0.00000196. The van der Waals surface area contributed by atoms with E-state index in [0.29, 0.717) is 35.9 Å². The normalized spacial score (nSPS) is 17.3. The lowest BCUT2D eigenvalue weighted by atomic mass is 9.98. The molecule has 26 heavy (non-hydrogen) atoms. The second-order valence-electron chi connectivity index (χ2n) is 6.42. The van der Waals surface area contributed by atoms with Crippen molar-refractivity contribution in [2.24, 2.45) is 0 Å². The predicted molar refractivity (Wildman–Crippen MR) is 99.4 cm³/mol. The molecule has 0 unspecified atom stereocenters. The van der Waals surface area contributed by atoms with Gasteiger partial charge in [-0.3, -0.25) is 14.2 Å². The molecular weight excluding hydrogens is 334 g/mol. The van der Waals surface area contributed by atoms with Gasteiger partial charge in [-0.05, 0) is 31.6 Å². The quantitative estimate of drug-likeness (QED) is 0.623. The molecule has 1 saturated heterocycles. The summed E-state index contributed by atoms with van der Waals surface area (Å²) in [4.78, 5) is 33.5. The number of nitrogens with zero attached hydrogens (tertiary/aromatic N) is 3. The highest BCUT2D eigenvalue weighted by Crippen LogP contribution is 2.32. The first kappa shape index (κ1) is 17.9. The van der Waals surface area contributed by atoms with Crippen molar-refractivity contribution in [3.63, 3.8) is 0 Å². The number of hydrogen-bond donors (Lipinski definition) is 4. The van der Waals surface area contributed by atoms with E-state index in [1.807, 2.05) is 6.92 Å². The zero-order chi connectivity index (χ0) is 17.6. The molecule has 0 aliphatic carbocycles. The van der Waals surface area contributed by atoms with Crippen LogP contribution < -0.4 is 27.2 Å². The number of pyridine rings is 1. The standard InChI is InChI=1S/C16H19N7O2.CH4/c1-9-6-10(21-12-7-11(17)19-8-20-12)15(25)23-13(9)14(24)22-16(23)2-4-18-5-3-16;/h6-8,18H,2-5H2,1H3,(H,22,24)(H3,17,19,20,21);1H4. The Bertz CT molecular complexity index is 916. The van der Waals surface area contributed by atoms with Crippen LogP contribution in [0.5, 0.6) is 0 Å². The predicted octanol–water partition coefficient (Wildman–Crippen LogP) is 0.688. The van der Waals surface area contributed by atoms with E-state index in [2.05, 4.69) is 25.9 Å². The van der Waals surface area contributed by atoms with Crippen LogP contribution in [-0.4, -0.2) is 33.5 Å². The maximum absolute atomic E-state index is 13.1. The van der Waals surface area contributed by atoms with Crippen LogP contribution >= 0.6 is 0 Å². The number of fused-ring (bicyclic) bond motifs is 2. The number of aryl methyl sites for hydroxylation is 1. The summed E-state index contributed by atoms with van der Waals surface area (Å²) in [5.41, 5.74) is 6.27. The SMILES string of the molecule is C.Cc1cc(Nc2cc(N)ncn2)c(=O)n2c1C(=O)NC21CCNCC1. The topological polar surface area (TPSA) is 127 Å². The van der Waals surface area contributed by atoms with Gasteiger partial charge >= 0.3 is 0 Å². The van der Waals surface area contributed by atoms with Crippen molar-refractivity contribution < 1.29 is 4.79 Å². The number of carbonyl (C=O) groups excluding carboxylic acids is 1. The molecule has 9 heteroatoms. The summed E-state index contributed by atoms with van der Waals surface area (Å²) >= 11 is 0. The first-order chi connectivity index (χ1) is 12.0. The van der Waals surface area contributed by atoms with E-state index in [0.717, 1.165) is 18.7 Å². The highest BCUT2D eigenvalue weighted by molar-refractivity contribution is 5.97. The van der Waals surface area contributed by atoms with Crippen molar-refractivity contribution >= 4 is 23.2 Å². The Morgan fingerprint density at radius 1 is 1.23 bits per heavy atom. The van der Waals surface area contributed by atoms with Gasteiger partial charge in [-0.2, -0.15) is 0 Å². The van der Waals surface area contributed by atoms with E-state index >= 15 is 0 Å². The van der Waals surface area contributed by atoms with Crippen molar-refractivity contribution in [2.45, 2.75) is 32.9 Å². The number of piperidine rings is 1. The van der Waals surface area contributed by atoms with E-state index in [9.17, 15) is 9.59 Å². The van der Waals surface area contributed by atoms with E-state index in [1.54, 1.807) is 16.7 Å². The zero-order valence-corrected chi connectivity index (χ0v) is 13.8. The molecule has 0 aromatic carbocycles. The van der Waals surface area contributed by atoms with Gasteiger partial charge in [0, 0.05) is 18.9 Å². The van der Waals surface area contributed by atoms with Gasteiger partial charge in [-0.15, -0.1) is 0 Å². The third kappa shape index (κ3) is 2.70. The van der Waals surface area contributed by atoms with Crippen LogP contribution in [0.25, 0.3) is 0 Å². The first-order valence-electron chi connectivity index (χ1n) is 8.15. The van der Waals surface area contributed by atoms with Gasteiger partial charge in [0.1, 0.15) is 35.0 Å². The highest BCUT2D eigenvalue weighted by atomic mass is 16.2. The van der Waals surface area contributed by atoms with Gasteiger partial charge in [0.25, 0.3) is 11.5 Å². The van der Waals surface area contributed by atoms with Gasteiger partial charge in [-0.1, -0.05) is 7.43 Å². The fourth-order valence-electron chi connectivity index (χ4n) is 3.62. The lowest BCUT2D eigenvalue weighted by Gasteiger charge is -2.35. The molecule has 0 radical (unpaired) electrons. The van der Waals surface area contributed by atoms with Crippen LogP contribution in [0.15, 0.2) is 23.3 Å². The van der Waals surface area contributed by atoms with Crippen molar-refractivity contribution in [1.82, 2.24) is 25.2 Å². The minimum Gasteiger partial charge on any atom is -0.384 e. The van der Waals surface area contributed by atoms with Crippen molar-refractivity contribution in [3.8, 4) is 0 Å². The number of amides is 1. The molecule has 2 aromatic rings. The first-order valence-corrected chi connectivity index (χ1v) is 8.15. The number of nitrogens with one attached hydrogen (secondary N) is 3. The summed E-state index contributed by atoms with van der Waals surface area (Å²) in [6.07, 6.45) is 2.65. The van der Waals surface area contributed by atoms with Crippen molar-refractivity contribution in [2.75, 3.05) is 24.1 Å². The van der Waals surface area contributed by atoms with Gasteiger partial charge in [0.05, 0.1) is 0 Å². The monoisotopic (exact) mass is 357 g/mol. The lowest BCUT2D eigenvalue weighted by molar-refractivity contribution is 0.0886. The van der Waals surface area contributed by atoms with E-state index in [4.69, 9.17) is 5.73 Å². The molecule has 2 aliphatic heterocycles. The number of rotatable bonds is 2. The molecule has 0 bridgehead atoms. The molecule has 2 aliphatic rings. The maximum atomic E-state index is 13.1. The number of hydrogen-bond acceptors (Lipinski definition) is 7. The molecule has 4 heterocycles. The Morgan fingerprint density at radius 3 is 2.65 bits per heavy atom. The van der Waals surface area contributed by atoms with Crippen LogP contribution in [0.2, 0.25) is 0 Å². The average Bonchev–Trinajstić information content (AvgIpc) is 2.85. The summed E-state index contributed by atoms with van der Waals surface area (Å²) in [6.45, 7) is 3.31. The lowest BCUT2D eigenvalue weighted by Crippen LogP contribution is -2.53. The molecule has 1 spiro atoms. The van der Waals surface area contributed by atoms with E-state index in [1.165, 1.54) is 6.33 Å². The Hall–Kier alpha value is -2.94. The molecule has 1 amide bonds. The van der Waals surface area contributed by atoms with Crippen molar-refractivity contribution in [3.05, 3.63) is 40.1 Å². The molecule has 9 nitrogen and oxygen atoms in total. The second-order valence-corrected chi connectivity index (χ2v) is 6.42. The fraction of sp³-hybridized carbons (Fsp3) is 0.412. The largest absolute Gasteiger partial charge is 0.384 e. The summed E-state index contributed by atoms with van der Waals surface area (Å²) in [7, 11) is 0. The van der Waals surface area contributed by atoms with Crippen LogP contribution in [0.3, 0.4) is 0 Å².